The lowest BCUT2D eigenvalue weighted by atomic mass is 10.0. The number of rotatable bonds is 3. The Labute approximate surface area is 107 Å². The zero-order chi connectivity index (χ0) is 14.0. The zero-order valence-corrected chi connectivity index (χ0v) is 9.54. The number of hydrogen-bond acceptors (Lipinski definition) is 3. The standard InChI is InChI=1S/C13H8FNO4/c14-12-5-4-9(13(16)17)7-11(12)8-2-1-3-10(6-8)15(18)19/h1-7H,(H,16,17). The predicted octanol–water partition coefficient (Wildman–Crippen LogP) is 3.10. The van der Waals surface area contributed by atoms with Gasteiger partial charge in [0.15, 0.2) is 0 Å². The molecule has 0 fully saturated rings. The second-order valence-electron chi connectivity index (χ2n) is 3.81. The van der Waals surface area contributed by atoms with Crippen molar-refractivity contribution < 1.29 is 19.2 Å². The summed E-state index contributed by atoms with van der Waals surface area (Å²) in [5.41, 5.74) is 0.0129. The SMILES string of the molecule is O=C(O)c1ccc(F)c(-c2cccc([N+](=O)[O-])c2)c1. The van der Waals surface area contributed by atoms with Crippen LogP contribution in [0.3, 0.4) is 0 Å². The molecule has 0 amide bonds. The van der Waals surface area contributed by atoms with Crippen molar-refractivity contribution in [3.05, 3.63) is 64.0 Å². The van der Waals surface area contributed by atoms with Gasteiger partial charge in [-0.25, -0.2) is 9.18 Å². The summed E-state index contributed by atoms with van der Waals surface area (Å²) in [6.07, 6.45) is 0. The van der Waals surface area contributed by atoms with Gasteiger partial charge in [-0.05, 0) is 23.8 Å². The molecule has 96 valence electrons. The summed E-state index contributed by atoms with van der Waals surface area (Å²) in [4.78, 5) is 20.9. The van der Waals surface area contributed by atoms with Gasteiger partial charge in [0.2, 0.25) is 0 Å². The summed E-state index contributed by atoms with van der Waals surface area (Å²) < 4.78 is 13.7. The van der Waals surface area contributed by atoms with Gasteiger partial charge in [-0.2, -0.15) is 0 Å². The molecule has 6 heteroatoms. The summed E-state index contributed by atoms with van der Waals surface area (Å²) in [6.45, 7) is 0. The first-order chi connectivity index (χ1) is 8.99. The van der Waals surface area contributed by atoms with Crippen molar-refractivity contribution in [3.8, 4) is 11.1 Å². The number of aromatic carboxylic acids is 1. The van der Waals surface area contributed by atoms with Crippen LogP contribution in [0.5, 0.6) is 0 Å². The van der Waals surface area contributed by atoms with Gasteiger partial charge in [0.25, 0.3) is 5.69 Å². The molecule has 0 unspecified atom stereocenters. The van der Waals surface area contributed by atoms with Crippen molar-refractivity contribution in [3.63, 3.8) is 0 Å². The Morgan fingerprint density at radius 3 is 2.58 bits per heavy atom. The molecular weight excluding hydrogens is 253 g/mol. The van der Waals surface area contributed by atoms with Crippen LogP contribution in [0.1, 0.15) is 10.4 Å². The van der Waals surface area contributed by atoms with E-state index in [-0.39, 0.29) is 22.4 Å². The molecule has 19 heavy (non-hydrogen) atoms. The van der Waals surface area contributed by atoms with E-state index in [9.17, 15) is 19.3 Å². The molecule has 5 nitrogen and oxygen atoms in total. The summed E-state index contributed by atoms with van der Waals surface area (Å²) in [5, 5.41) is 19.5. The van der Waals surface area contributed by atoms with Gasteiger partial charge in [0, 0.05) is 17.7 Å². The molecular formula is C13H8FNO4. The van der Waals surface area contributed by atoms with E-state index in [0.29, 0.717) is 0 Å². The van der Waals surface area contributed by atoms with E-state index in [1.165, 1.54) is 24.3 Å². The number of benzene rings is 2. The molecule has 0 heterocycles. The van der Waals surface area contributed by atoms with Crippen molar-refractivity contribution in [1.82, 2.24) is 0 Å². The number of carboxylic acids is 1. The van der Waals surface area contributed by atoms with Gasteiger partial charge in [0.05, 0.1) is 10.5 Å². The first-order valence-electron chi connectivity index (χ1n) is 5.26. The highest BCUT2D eigenvalue weighted by atomic mass is 19.1. The monoisotopic (exact) mass is 261 g/mol. The minimum atomic E-state index is -1.19. The van der Waals surface area contributed by atoms with Crippen LogP contribution in [0.25, 0.3) is 11.1 Å². The van der Waals surface area contributed by atoms with E-state index in [4.69, 9.17) is 5.11 Å². The quantitative estimate of drug-likeness (QED) is 0.680. The lowest BCUT2D eigenvalue weighted by molar-refractivity contribution is -0.384. The minimum Gasteiger partial charge on any atom is -0.478 e. The molecule has 0 spiro atoms. The fourth-order valence-corrected chi connectivity index (χ4v) is 1.67. The summed E-state index contributed by atoms with van der Waals surface area (Å²) in [5.74, 6) is -1.82. The van der Waals surface area contributed by atoms with Crippen molar-refractivity contribution in [1.29, 1.82) is 0 Å². The third-order valence-corrected chi connectivity index (χ3v) is 2.58. The maximum atomic E-state index is 13.7. The van der Waals surface area contributed by atoms with Gasteiger partial charge in [0.1, 0.15) is 5.82 Å². The Morgan fingerprint density at radius 2 is 1.95 bits per heavy atom. The number of nitro benzene ring substituents is 1. The highest BCUT2D eigenvalue weighted by molar-refractivity contribution is 5.89. The topological polar surface area (TPSA) is 80.4 Å². The Kier molecular flexibility index (Phi) is 3.24. The number of carbonyl (C=O) groups is 1. The molecule has 2 aromatic carbocycles. The molecule has 0 saturated carbocycles. The van der Waals surface area contributed by atoms with Crippen LogP contribution in [-0.2, 0) is 0 Å². The third kappa shape index (κ3) is 2.57. The largest absolute Gasteiger partial charge is 0.478 e. The minimum absolute atomic E-state index is 0.0172. The average Bonchev–Trinajstić information content (AvgIpc) is 2.39. The number of halogens is 1. The van der Waals surface area contributed by atoms with E-state index in [0.717, 1.165) is 18.2 Å². The van der Waals surface area contributed by atoms with Crippen molar-refractivity contribution in [2.24, 2.45) is 0 Å². The fourth-order valence-electron chi connectivity index (χ4n) is 1.67. The predicted molar refractivity (Wildman–Crippen MR) is 65.4 cm³/mol. The Bertz CT molecular complexity index is 669. The molecule has 0 saturated heterocycles. The van der Waals surface area contributed by atoms with E-state index >= 15 is 0 Å². The number of hydrogen-bond donors (Lipinski definition) is 1. The third-order valence-electron chi connectivity index (χ3n) is 2.58. The first kappa shape index (κ1) is 12.7. The summed E-state index contributed by atoms with van der Waals surface area (Å²) in [7, 11) is 0. The number of carboxylic acid groups (broad SMARTS) is 1. The highest BCUT2D eigenvalue weighted by Crippen LogP contribution is 2.27. The average molecular weight is 261 g/mol. The van der Waals surface area contributed by atoms with Crippen LogP contribution in [0, 0.1) is 15.9 Å². The van der Waals surface area contributed by atoms with Gasteiger partial charge in [-0.1, -0.05) is 12.1 Å². The maximum Gasteiger partial charge on any atom is 0.335 e. The van der Waals surface area contributed by atoms with Crippen molar-refractivity contribution >= 4 is 11.7 Å². The molecule has 0 bridgehead atoms. The van der Waals surface area contributed by atoms with Crippen molar-refractivity contribution in [2.45, 2.75) is 0 Å². The van der Waals surface area contributed by atoms with Crippen LogP contribution in [0.4, 0.5) is 10.1 Å². The molecule has 0 radical (unpaired) electrons. The summed E-state index contributed by atoms with van der Waals surface area (Å²) in [6, 6.07) is 8.69. The molecule has 1 N–H and O–H groups in total. The molecule has 0 aromatic heterocycles. The molecule has 0 atom stereocenters. The van der Waals surface area contributed by atoms with Gasteiger partial charge in [-0.15, -0.1) is 0 Å². The second-order valence-corrected chi connectivity index (χ2v) is 3.81. The smallest absolute Gasteiger partial charge is 0.335 e. The number of nitro groups is 1. The highest BCUT2D eigenvalue weighted by Gasteiger charge is 2.13. The lowest BCUT2D eigenvalue weighted by Gasteiger charge is -2.05. The number of nitrogens with zero attached hydrogens (tertiary/aromatic N) is 1. The van der Waals surface area contributed by atoms with Gasteiger partial charge < -0.3 is 5.11 Å². The molecule has 0 aliphatic rings. The first-order valence-corrected chi connectivity index (χ1v) is 5.26. The molecule has 2 aromatic rings. The normalized spacial score (nSPS) is 10.2. The van der Waals surface area contributed by atoms with E-state index in [1.54, 1.807) is 0 Å². The fraction of sp³-hybridized carbons (Fsp3) is 0. The van der Waals surface area contributed by atoms with Crippen LogP contribution in [0.15, 0.2) is 42.5 Å². The van der Waals surface area contributed by atoms with Gasteiger partial charge in [-0.3, -0.25) is 10.1 Å². The molecule has 2 rings (SSSR count). The van der Waals surface area contributed by atoms with Gasteiger partial charge >= 0.3 is 5.97 Å². The zero-order valence-electron chi connectivity index (χ0n) is 9.54. The van der Waals surface area contributed by atoms with Crippen LogP contribution in [0.2, 0.25) is 0 Å². The maximum absolute atomic E-state index is 13.7. The van der Waals surface area contributed by atoms with Crippen molar-refractivity contribution in [2.75, 3.05) is 0 Å². The van der Waals surface area contributed by atoms with E-state index < -0.39 is 16.7 Å². The van der Waals surface area contributed by atoms with Crippen LogP contribution < -0.4 is 0 Å². The van der Waals surface area contributed by atoms with Crippen LogP contribution in [-0.4, -0.2) is 16.0 Å². The second kappa shape index (κ2) is 4.85. The number of non-ortho nitro benzene ring substituents is 1. The lowest BCUT2D eigenvalue weighted by Crippen LogP contribution is -1.98. The Morgan fingerprint density at radius 1 is 1.21 bits per heavy atom. The van der Waals surface area contributed by atoms with Crippen LogP contribution >= 0.6 is 0 Å². The Balaban J connectivity index is 2.57. The molecule has 0 aliphatic heterocycles. The Hall–Kier alpha value is -2.76. The van der Waals surface area contributed by atoms with E-state index in [1.807, 2.05) is 0 Å². The van der Waals surface area contributed by atoms with E-state index in [2.05, 4.69) is 0 Å². The molecule has 0 aliphatic carbocycles. The summed E-state index contributed by atoms with van der Waals surface area (Å²) >= 11 is 0.